The van der Waals surface area contributed by atoms with Crippen molar-refractivity contribution in [1.82, 2.24) is 10.2 Å². The molecular formula is C15H19FN4. The number of aromatic nitrogens is 2. The first-order valence-electron chi connectivity index (χ1n) is 6.96. The third kappa shape index (κ3) is 2.41. The average Bonchev–Trinajstić information content (AvgIpc) is 2.83. The van der Waals surface area contributed by atoms with Gasteiger partial charge in [0.1, 0.15) is 5.82 Å². The van der Waals surface area contributed by atoms with Gasteiger partial charge in [-0.25, -0.2) is 4.39 Å². The van der Waals surface area contributed by atoms with Gasteiger partial charge in [0.15, 0.2) is 5.82 Å². The van der Waals surface area contributed by atoms with Crippen molar-refractivity contribution in [2.75, 3.05) is 18.0 Å². The summed E-state index contributed by atoms with van der Waals surface area (Å²) in [5.74, 6) is 0.757. The molecule has 1 fully saturated rings. The molecule has 0 bridgehead atoms. The highest BCUT2D eigenvalue weighted by molar-refractivity contribution is 5.69. The Morgan fingerprint density at radius 3 is 2.55 bits per heavy atom. The van der Waals surface area contributed by atoms with E-state index in [-0.39, 0.29) is 5.82 Å². The molecule has 5 heteroatoms. The summed E-state index contributed by atoms with van der Waals surface area (Å²) in [5, 5.41) is 7.50. The van der Waals surface area contributed by atoms with Crippen LogP contribution in [-0.2, 0) is 0 Å². The number of hydrogen-bond donors (Lipinski definition) is 2. The molecule has 4 nitrogen and oxygen atoms in total. The van der Waals surface area contributed by atoms with Crippen LogP contribution in [0.3, 0.4) is 0 Å². The van der Waals surface area contributed by atoms with E-state index in [1.165, 1.54) is 12.1 Å². The second-order valence-corrected chi connectivity index (χ2v) is 5.38. The molecule has 2 aromatic rings. The standard InChI is InChI=1S/C15H19FN4/c1-10-14(11-2-4-12(16)5-3-11)18-19-15(10)20-8-6-13(17)7-9-20/h2-5,13H,6-9,17H2,1H3,(H,18,19). The van der Waals surface area contributed by atoms with Crippen LogP contribution in [0.5, 0.6) is 0 Å². The molecule has 0 spiro atoms. The molecule has 3 N–H and O–H groups in total. The van der Waals surface area contributed by atoms with E-state index in [9.17, 15) is 4.39 Å². The van der Waals surface area contributed by atoms with Gasteiger partial charge >= 0.3 is 0 Å². The van der Waals surface area contributed by atoms with Gasteiger partial charge in [-0.2, -0.15) is 5.10 Å². The predicted molar refractivity (Wildman–Crippen MR) is 78.1 cm³/mol. The first-order valence-corrected chi connectivity index (χ1v) is 6.96. The van der Waals surface area contributed by atoms with Gasteiger partial charge < -0.3 is 10.6 Å². The average molecular weight is 274 g/mol. The van der Waals surface area contributed by atoms with Crippen LogP contribution in [0.4, 0.5) is 10.2 Å². The molecule has 1 aromatic heterocycles. The molecule has 3 rings (SSSR count). The molecule has 1 aliphatic heterocycles. The lowest BCUT2D eigenvalue weighted by Crippen LogP contribution is -2.40. The Hall–Kier alpha value is -1.88. The van der Waals surface area contributed by atoms with E-state index < -0.39 is 0 Å². The third-order valence-electron chi connectivity index (χ3n) is 3.96. The van der Waals surface area contributed by atoms with Crippen molar-refractivity contribution in [2.45, 2.75) is 25.8 Å². The summed E-state index contributed by atoms with van der Waals surface area (Å²) in [4.78, 5) is 2.27. The number of anilines is 1. The molecule has 0 aliphatic carbocycles. The van der Waals surface area contributed by atoms with Gasteiger partial charge in [-0.3, -0.25) is 5.10 Å². The van der Waals surface area contributed by atoms with Crippen molar-refractivity contribution in [2.24, 2.45) is 5.73 Å². The van der Waals surface area contributed by atoms with Gasteiger partial charge in [0.05, 0.1) is 5.69 Å². The number of aromatic amines is 1. The normalized spacial score (nSPS) is 16.6. The maximum Gasteiger partial charge on any atom is 0.153 e. The van der Waals surface area contributed by atoms with Gasteiger partial charge in [0.25, 0.3) is 0 Å². The number of nitrogens with zero attached hydrogens (tertiary/aromatic N) is 2. The molecule has 0 amide bonds. The number of hydrogen-bond acceptors (Lipinski definition) is 3. The third-order valence-corrected chi connectivity index (χ3v) is 3.96. The van der Waals surface area contributed by atoms with Crippen LogP contribution in [0, 0.1) is 12.7 Å². The van der Waals surface area contributed by atoms with Crippen LogP contribution >= 0.6 is 0 Å². The number of H-pyrrole nitrogens is 1. The summed E-state index contributed by atoms with van der Waals surface area (Å²) in [6.07, 6.45) is 2.00. The molecule has 106 valence electrons. The van der Waals surface area contributed by atoms with Crippen molar-refractivity contribution < 1.29 is 4.39 Å². The van der Waals surface area contributed by atoms with Crippen LogP contribution in [0.15, 0.2) is 24.3 Å². The largest absolute Gasteiger partial charge is 0.355 e. The molecule has 1 saturated heterocycles. The topological polar surface area (TPSA) is 57.9 Å². The molecule has 1 aliphatic rings. The van der Waals surface area contributed by atoms with E-state index in [1.807, 2.05) is 6.92 Å². The number of halogens is 1. The number of piperidine rings is 1. The van der Waals surface area contributed by atoms with E-state index >= 15 is 0 Å². The number of benzene rings is 1. The smallest absolute Gasteiger partial charge is 0.153 e. The lowest BCUT2D eigenvalue weighted by molar-refractivity contribution is 0.498. The van der Waals surface area contributed by atoms with Gasteiger partial charge in [-0.1, -0.05) is 0 Å². The van der Waals surface area contributed by atoms with Gasteiger partial charge in [0.2, 0.25) is 0 Å². The van der Waals surface area contributed by atoms with E-state index in [1.54, 1.807) is 12.1 Å². The maximum atomic E-state index is 13.0. The van der Waals surface area contributed by atoms with Crippen molar-refractivity contribution in [3.63, 3.8) is 0 Å². The van der Waals surface area contributed by atoms with Gasteiger partial charge in [-0.15, -0.1) is 0 Å². The fraction of sp³-hybridized carbons (Fsp3) is 0.400. The molecule has 1 aromatic carbocycles. The fourth-order valence-electron chi connectivity index (χ4n) is 2.71. The van der Waals surface area contributed by atoms with Gasteiger partial charge in [0, 0.05) is 30.3 Å². The highest BCUT2D eigenvalue weighted by Gasteiger charge is 2.21. The Morgan fingerprint density at radius 1 is 1.25 bits per heavy atom. The molecular weight excluding hydrogens is 255 g/mol. The molecule has 2 heterocycles. The monoisotopic (exact) mass is 274 g/mol. The lowest BCUT2D eigenvalue weighted by Gasteiger charge is -2.30. The minimum Gasteiger partial charge on any atom is -0.355 e. The minimum absolute atomic E-state index is 0.226. The Morgan fingerprint density at radius 2 is 1.90 bits per heavy atom. The summed E-state index contributed by atoms with van der Waals surface area (Å²) >= 11 is 0. The lowest BCUT2D eigenvalue weighted by atomic mass is 10.0. The van der Waals surface area contributed by atoms with Crippen LogP contribution in [0.2, 0.25) is 0 Å². The van der Waals surface area contributed by atoms with Crippen LogP contribution in [-0.4, -0.2) is 29.3 Å². The van der Waals surface area contributed by atoms with Crippen molar-refractivity contribution in [1.29, 1.82) is 0 Å². The second-order valence-electron chi connectivity index (χ2n) is 5.38. The highest BCUT2D eigenvalue weighted by atomic mass is 19.1. The number of nitrogens with two attached hydrogens (primary N) is 1. The number of nitrogens with one attached hydrogen (secondary N) is 1. The Kier molecular flexibility index (Phi) is 3.44. The summed E-state index contributed by atoms with van der Waals surface area (Å²) in [5.41, 5.74) is 8.95. The van der Waals surface area contributed by atoms with Crippen LogP contribution in [0.25, 0.3) is 11.3 Å². The van der Waals surface area contributed by atoms with Crippen LogP contribution in [0.1, 0.15) is 18.4 Å². The van der Waals surface area contributed by atoms with Crippen molar-refractivity contribution >= 4 is 5.82 Å². The van der Waals surface area contributed by atoms with Crippen LogP contribution < -0.4 is 10.6 Å². The Labute approximate surface area is 117 Å². The van der Waals surface area contributed by atoms with Crippen molar-refractivity contribution in [3.8, 4) is 11.3 Å². The molecule has 0 atom stereocenters. The first kappa shape index (κ1) is 13.1. The fourth-order valence-corrected chi connectivity index (χ4v) is 2.71. The second kappa shape index (κ2) is 5.25. The quantitative estimate of drug-likeness (QED) is 0.884. The van der Waals surface area contributed by atoms with E-state index in [2.05, 4.69) is 15.1 Å². The van der Waals surface area contributed by atoms with E-state index in [0.717, 1.165) is 48.6 Å². The summed E-state index contributed by atoms with van der Waals surface area (Å²) in [6.45, 7) is 3.93. The maximum absolute atomic E-state index is 13.0. The highest BCUT2D eigenvalue weighted by Crippen LogP contribution is 2.29. The SMILES string of the molecule is Cc1c(N2CCC(N)CC2)n[nH]c1-c1ccc(F)cc1. The minimum atomic E-state index is -0.226. The van der Waals surface area contributed by atoms with E-state index in [4.69, 9.17) is 5.73 Å². The molecule has 0 unspecified atom stereocenters. The van der Waals surface area contributed by atoms with Crippen molar-refractivity contribution in [3.05, 3.63) is 35.6 Å². The summed E-state index contributed by atoms with van der Waals surface area (Å²) in [6, 6.07) is 6.78. The molecule has 0 saturated carbocycles. The predicted octanol–water partition coefficient (Wildman–Crippen LogP) is 2.45. The summed E-state index contributed by atoms with van der Waals surface area (Å²) < 4.78 is 13.0. The zero-order chi connectivity index (χ0) is 14.1. The molecule has 0 radical (unpaired) electrons. The zero-order valence-electron chi connectivity index (χ0n) is 11.6. The van der Waals surface area contributed by atoms with E-state index in [0.29, 0.717) is 6.04 Å². The molecule has 20 heavy (non-hydrogen) atoms. The Balaban J connectivity index is 1.87. The zero-order valence-corrected chi connectivity index (χ0v) is 11.6. The number of rotatable bonds is 2. The summed E-state index contributed by atoms with van der Waals surface area (Å²) in [7, 11) is 0. The van der Waals surface area contributed by atoms with Gasteiger partial charge in [-0.05, 0) is 44.0 Å². The first-order chi connectivity index (χ1) is 9.65. The Bertz CT molecular complexity index is 582.